The lowest BCUT2D eigenvalue weighted by Crippen LogP contribution is -2.31. The van der Waals surface area contributed by atoms with Crippen LogP contribution in [0.15, 0.2) is 70.8 Å². The lowest BCUT2D eigenvalue weighted by atomic mass is 9.87. The predicted octanol–water partition coefficient (Wildman–Crippen LogP) is 4.13. The van der Waals surface area contributed by atoms with Gasteiger partial charge in [-0.05, 0) is 29.0 Å². The van der Waals surface area contributed by atoms with E-state index in [-0.39, 0.29) is 29.9 Å². The van der Waals surface area contributed by atoms with Gasteiger partial charge in [-0.15, -0.1) is 4.40 Å². The molecule has 0 saturated heterocycles. The highest BCUT2D eigenvalue weighted by atomic mass is 32.2. The lowest BCUT2D eigenvalue weighted by molar-refractivity contribution is -0.139. The standard InChI is InChI=1S/C23H26N2O4S/c1-17-21(15-25(30(27,28)24-17)14-18-8-6-5-7-9-18)22(26)29-16-19-10-12-20(13-11-19)23(2,3)4/h5-13,15H,14,16H2,1-4H3. The average molecular weight is 427 g/mol. The van der Waals surface area contributed by atoms with Crippen LogP contribution >= 0.6 is 0 Å². The van der Waals surface area contributed by atoms with Crippen LogP contribution in [0.25, 0.3) is 0 Å². The van der Waals surface area contributed by atoms with Crippen LogP contribution in [0.2, 0.25) is 0 Å². The number of ether oxygens (including phenoxy) is 1. The van der Waals surface area contributed by atoms with Crippen molar-refractivity contribution in [3.05, 3.63) is 83.1 Å². The van der Waals surface area contributed by atoms with Crippen molar-refractivity contribution in [2.45, 2.75) is 46.3 Å². The molecular weight excluding hydrogens is 400 g/mol. The van der Waals surface area contributed by atoms with E-state index in [1.807, 2.05) is 54.6 Å². The highest BCUT2D eigenvalue weighted by molar-refractivity contribution is 7.88. The fourth-order valence-corrected chi connectivity index (χ4v) is 4.10. The van der Waals surface area contributed by atoms with Crippen molar-refractivity contribution >= 4 is 21.9 Å². The molecule has 2 aromatic carbocycles. The van der Waals surface area contributed by atoms with Gasteiger partial charge in [0.15, 0.2) is 0 Å². The zero-order valence-electron chi connectivity index (χ0n) is 17.6. The molecule has 0 radical (unpaired) electrons. The van der Waals surface area contributed by atoms with Gasteiger partial charge in [0, 0.05) is 6.20 Å². The number of hydrogen-bond acceptors (Lipinski definition) is 4. The van der Waals surface area contributed by atoms with E-state index >= 15 is 0 Å². The second-order valence-corrected chi connectivity index (χ2v) is 9.80. The van der Waals surface area contributed by atoms with E-state index < -0.39 is 16.2 Å². The van der Waals surface area contributed by atoms with Crippen LogP contribution in [-0.2, 0) is 38.3 Å². The summed E-state index contributed by atoms with van der Waals surface area (Å²) in [5, 5.41) is 0. The van der Waals surface area contributed by atoms with Gasteiger partial charge in [-0.3, -0.25) is 4.31 Å². The molecule has 1 heterocycles. The first kappa shape index (κ1) is 21.8. The van der Waals surface area contributed by atoms with Crippen LogP contribution in [0.4, 0.5) is 0 Å². The Kier molecular flexibility index (Phi) is 6.12. The molecule has 0 spiro atoms. The summed E-state index contributed by atoms with van der Waals surface area (Å²) in [5.41, 5.74) is 3.13. The van der Waals surface area contributed by atoms with Crippen LogP contribution < -0.4 is 0 Å². The molecule has 1 aliphatic rings. The van der Waals surface area contributed by atoms with E-state index in [2.05, 4.69) is 25.2 Å². The van der Waals surface area contributed by atoms with Gasteiger partial charge in [0.2, 0.25) is 0 Å². The Hall–Kier alpha value is -2.93. The number of benzene rings is 2. The number of hydrogen-bond donors (Lipinski definition) is 0. The fourth-order valence-electron chi connectivity index (χ4n) is 3.00. The average Bonchev–Trinajstić information content (AvgIpc) is 2.68. The molecule has 0 fully saturated rings. The summed E-state index contributed by atoms with van der Waals surface area (Å²) >= 11 is 0. The first-order chi connectivity index (χ1) is 14.1. The quantitative estimate of drug-likeness (QED) is 0.674. The third kappa shape index (κ3) is 5.16. The number of nitrogens with zero attached hydrogens (tertiary/aromatic N) is 2. The van der Waals surface area contributed by atoms with Crippen molar-refractivity contribution in [3.63, 3.8) is 0 Å². The van der Waals surface area contributed by atoms with Gasteiger partial charge in [-0.2, -0.15) is 8.42 Å². The van der Waals surface area contributed by atoms with E-state index in [1.165, 1.54) is 18.7 Å². The molecule has 30 heavy (non-hydrogen) atoms. The third-order valence-electron chi connectivity index (χ3n) is 4.80. The molecule has 0 unspecified atom stereocenters. The topological polar surface area (TPSA) is 76.0 Å². The van der Waals surface area contributed by atoms with Crippen LogP contribution in [0.3, 0.4) is 0 Å². The van der Waals surface area contributed by atoms with Crippen LogP contribution in [0.1, 0.15) is 44.4 Å². The fraction of sp³-hybridized carbons (Fsp3) is 0.304. The maximum absolute atomic E-state index is 12.6. The summed E-state index contributed by atoms with van der Waals surface area (Å²) < 4.78 is 35.0. The van der Waals surface area contributed by atoms with E-state index in [9.17, 15) is 13.2 Å². The first-order valence-electron chi connectivity index (χ1n) is 9.67. The number of rotatable bonds is 5. The van der Waals surface area contributed by atoms with Crippen molar-refractivity contribution in [3.8, 4) is 0 Å². The van der Waals surface area contributed by atoms with E-state index in [4.69, 9.17) is 4.74 Å². The molecule has 0 aliphatic carbocycles. The molecule has 0 saturated carbocycles. The molecule has 0 amide bonds. The third-order valence-corrected chi connectivity index (χ3v) is 6.13. The maximum Gasteiger partial charge on any atom is 0.344 e. The van der Waals surface area contributed by atoms with Gasteiger partial charge < -0.3 is 4.74 Å². The molecule has 3 rings (SSSR count). The SMILES string of the molecule is CC1=NS(=O)(=O)N(Cc2ccccc2)C=C1C(=O)OCc1ccc(C(C)(C)C)cc1. The second kappa shape index (κ2) is 8.44. The molecular formula is C23H26N2O4S. The highest BCUT2D eigenvalue weighted by Gasteiger charge is 2.29. The van der Waals surface area contributed by atoms with Crippen molar-refractivity contribution in [1.82, 2.24) is 4.31 Å². The Balaban J connectivity index is 1.73. The van der Waals surface area contributed by atoms with Gasteiger partial charge in [-0.25, -0.2) is 4.79 Å². The van der Waals surface area contributed by atoms with Crippen molar-refractivity contribution in [1.29, 1.82) is 0 Å². The van der Waals surface area contributed by atoms with Crippen LogP contribution in [0.5, 0.6) is 0 Å². The molecule has 7 heteroatoms. The molecule has 1 aliphatic heterocycles. The Morgan fingerprint density at radius 1 is 1.00 bits per heavy atom. The van der Waals surface area contributed by atoms with Gasteiger partial charge in [0.1, 0.15) is 6.61 Å². The molecule has 0 atom stereocenters. The number of carbonyl (C=O) groups excluding carboxylic acids is 1. The number of esters is 1. The Labute approximate surface area is 178 Å². The van der Waals surface area contributed by atoms with Gasteiger partial charge in [-0.1, -0.05) is 75.4 Å². The molecule has 0 bridgehead atoms. The second-order valence-electron chi connectivity index (χ2n) is 8.25. The van der Waals surface area contributed by atoms with Gasteiger partial charge in [0.05, 0.1) is 17.8 Å². The summed E-state index contributed by atoms with van der Waals surface area (Å²) in [7, 11) is -3.89. The van der Waals surface area contributed by atoms with E-state index in [1.54, 1.807) is 0 Å². The molecule has 0 aromatic heterocycles. The van der Waals surface area contributed by atoms with Crippen LogP contribution in [0, 0.1) is 0 Å². The van der Waals surface area contributed by atoms with E-state index in [0.29, 0.717) is 0 Å². The van der Waals surface area contributed by atoms with Crippen molar-refractivity contribution in [2.24, 2.45) is 4.40 Å². The maximum atomic E-state index is 12.6. The summed E-state index contributed by atoms with van der Waals surface area (Å²) in [6, 6.07) is 17.0. The minimum Gasteiger partial charge on any atom is -0.457 e. The predicted molar refractivity (Wildman–Crippen MR) is 117 cm³/mol. The summed E-state index contributed by atoms with van der Waals surface area (Å²) in [4.78, 5) is 12.6. The van der Waals surface area contributed by atoms with Crippen molar-refractivity contribution < 1.29 is 17.9 Å². The largest absolute Gasteiger partial charge is 0.457 e. The molecule has 0 N–H and O–H groups in total. The Bertz CT molecular complexity index is 1080. The highest BCUT2D eigenvalue weighted by Crippen LogP contribution is 2.23. The Morgan fingerprint density at radius 3 is 2.23 bits per heavy atom. The number of carbonyl (C=O) groups is 1. The smallest absolute Gasteiger partial charge is 0.344 e. The van der Waals surface area contributed by atoms with Gasteiger partial charge >= 0.3 is 16.2 Å². The van der Waals surface area contributed by atoms with Gasteiger partial charge in [0.25, 0.3) is 0 Å². The Morgan fingerprint density at radius 2 is 1.63 bits per heavy atom. The summed E-state index contributed by atoms with van der Waals surface area (Å²) in [6.07, 6.45) is 1.30. The van der Waals surface area contributed by atoms with E-state index in [0.717, 1.165) is 15.4 Å². The molecule has 6 nitrogen and oxygen atoms in total. The summed E-state index contributed by atoms with van der Waals surface area (Å²) in [6.45, 7) is 8.08. The molecule has 2 aromatic rings. The first-order valence-corrected chi connectivity index (χ1v) is 11.1. The summed E-state index contributed by atoms with van der Waals surface area (Å²) in [5.74, 6) is -0.607. The van der Waals surface area contributed by atoms with Crippen molar-refractivity contribution in [2.75, 3.05) is 0 Å². The molecule has 158 valence electrons. The normalized spacial score (nSPS) is 15.9. The van der Waals surface area contributed by atoms with Crippen LogP contribution in [-0.4, -0.2) is 24.4 Å². The minimum atomic E-state index is -3.89. The zero-order chi connectivity index (χ0) is 21.9. The monoisotopic (exact) mass is 426 g/mol. The minimum absolute atomic E-state index is 0.0450. The lowest BCUT2D eigenvalue weighted by Gasteiger charge is -2.23. The zero-order valence-corrected chi connectivity index (χ0v) is 18.4.